The Bertz CT molecular complexity index is 390. The second-order valence-electron chi connectivity index (χ2n) is 4.18. The molecular formula is C10H13N3. The minimum Gasteiger partial charge on any atom is -0.266 e. The molecule has 0 bridgehead atoms. The average molecular weight is 175 g/mol. The van der Waals surface area contributed by atoms with Gasteiger partial charge in [-0.1, -0.05) is 0 Å². The van der Waals surface area contributed by atoms with Crippen molar-refractivity contribution >= 4 is 10.9 Å². The van der Waals surface area contributed by atoms with Crippen molar-refractivity contribution in [2.24, 2.45) is 0 Å². The molecular weight excluding hydrogens is 162 g/mol. The molecule has 0 aliphatic rings. The molecule has 0 aliphatic heterocycles. The third kappa shape index (κ3) is 1.41. The van der Waals surface area contributed by atoms with Crippen LogP contribution in [0.25, 0.3) is 10.9 Å². The Hall–Kier alpha value is -1.38. The molecule has 0 amide bonds. The maximum atomic E-state index is 4.46. The Labute approximate surface area is 77.4 Å². The van der Waals surface area contributed by atoms with Gasteiger partial charge in [-0.05, 0) is 26.8 Å². The molecule has 3 nitrogen and oxygen atoms in total. The zero-order valence-corrected chi connectivity index (χ0v) is 8.15. The molecule has 0 saturated carbocycles. The Morgan fingerprint density at radius 3 is 2.69 bits per heavy atom. The van der Waals surface area contributed by atoms with Crippen LogP contribution in [-0.2, 0) is 5.54 Å². The van der Waals surface area contributed by atoms with E-state index >= 15 is 0 Å². The summed E-state index contributed by atoms with van der Waals surface area (Å²) in [4.78, 5) is 4.05. The van der Waals surface area contributed by atoms with Crippen LogP contribution in [-0.4, -0.2) is 14.8 Å². The van der Waals surface area contributed by atoms with Gasteiger partial charge >= 0.3 is 0 Å². The van der Waals surface area contributed by atoms with E-state index in [2.05, 4.69) is 30.9 Å². The van der Waals surface area contributed by atoms with E-state index in [1.165, 1.54) is 0 Å². The van der Waals surface area contributed by atoms with Crippen molar-refractivity contribution in [2.45, 2.75) is 26.3 Å². The van der Waals surface area contributed by atoms with Gasteiger partial charge < -0.3 is 0 Å². The first-order valence-electron chi connectivity index (χ1n) is 4.37. The van der Waals surface area contributed by atoms with Crippen LogP contribution in [0.4, 0.5) is 0 Å². The molecule has 0 atom stereocenters. The molecule has 0 radical (unpaired) electrons. The fourth-order valence-corrected chi connectivity index (χ4v) is 1.21. The van der Waals surface area contributed by atoms with E-state index in [0.717, 1.165) is 10.9 Å². The molecule has 0 N–H and O–H groups in total. The summed E-state index contributed by atoms with van der Waals surface area (Å²) in [5.74, 6) is 0. The smallest absolute Gasteiger partial charge is 0.0954 e. The van der Waals surface area contributed by atoms with Gasteiger partial charge in [0.25, 0.3) is 0 Å². The van der Waals surface area contributed by atoms with Crippen molar-refractivity contribution in [1.82, 2.24) is 14.8 Å². The fraction of sp³-hybridized carbons (Fsp3) is 0.400. The standard InChI is InChI=1S/C10H13N3/c1-10(2,3)13-7-8-6-11-5-4-9(8)12-13/h4-7H,1-3H3. The van der Waals surface area contributed by atoms with Gasteiger partial charge in [0, 0.05) is 24.0 Å². The SMILES string of the molecule is CC(C)(C)n1cc2cnccc2n1. The molecule has 2 aromatic heterocycles. The maximum absolute atomic E-state index is 4.46. The molecule has 0 spiro atoms. The number of hydrogen-bond donors (Lipinski definition) is 0. The van der Waals surface area contributed by atoms with Gasteiger partial charge in [0.1, 0.15) is 0 Å². The number of pyridine rings is 1. The van der Waals surface area contributed by atoms with E-state index in [0.29, 0.717) is 0 Å². The van der Waals surface area contributed by atoms with Crippen molar-refractivity contribution in [2.75, 3.05) is 0 Å². The van der Waals surface area contributed by atoms with Gasteiger partial charge in [0.15, 0.2) is 0 Å². The van der Waals surface area contributed by atoms with Gasteiger partial charge in [0.05, 0.1) is 11.1 Å². The lowest BCUT2D eigenvalue weighted by Crippen LogP contribution is -2.21. The number of rotatable bonds is 0. The molecule has 2 heterocycles. The summed E-state index contributed by atoms with van der Waals surface area (Å²) in [6, 6.07) is 1.93. The normalized spacial score (nSPS) is 12.2. The number of hydrogen-bond acceptors (Lipinski definition) is 2. The van der Waals surface area contributed by atoms with Crippen LogP contribution in [0.1, 0.15) is 20.8 Å². The van der Waals surface area contributed by atoms with E-state index < -0.39 is 0 Å². The summed E-state index contributed by atoms with van der Waals surface area (Å²) in [7, 11) is 0. The van der Waals surface area contributed by atoms with E-state index in [-0.39, 0.29) is 5.54 Å². The molecule has 0 aromatic carbocycles. The molecule has 13 heavy (non-hydrogen) atoms. The first-order chi connectivity index (χ1) is 6.07. The minimum absolute atomic E-state index is 0.0407. The molecule has 0 saturated heterocycles. The van der Waals surface area contributed by atoms with Crippen LogP contribution >= 0.6 is 0 Å². The number of fused-ring (bicyclic) bond motifs is 1. The van der Waals surface area contributed by atoms with Crippen LogP contribution in [0.5, 0.6) is 0 Å². The zero-order chi connectivity index (χ0) is 9.47. The molecule has 2 rings (SSSR count). The lowest BCUT2D eigenvalue weighted by Gasteiger charge is -2.18. The summed E-state index contributed by atoms with van der Waals surface area (Å²) in [6.07, 6.45) is 5.63. The second-order valence-corrected chi connectivity index (χ2v) is 4.18. The van der Waals surface area contributed by atoms with Crippen LogP contribution < -0.4 is 0 Å². The Balaban J connectivity index is 2.63. The van der Waals surface area contributed by atoms with Gasteiger partial charge in [-0.2, -0.15) is 5.10 Å². The highest BCUT2D eigenvalue weighted by molar-refractivity contribution is 5.76. The van der Waals surface area contributed by atoms with E-state index in [1.807, 2.05) is 23.1 Å². The molecule has 2 aromatic rings. The Morgan fingerprint density at radius 2 is 2.08 bits per heavy atom. The Morgan fingerprint density at radius 1 is 1.31 bits per heavy atom. The maximum Gasteiger partial charge on any atom is 0.0954 e. The lowest BCUT2D eigenvalue weighted by atomic mass is 10.1. The van der Waals surface area contributed by atoms with Crippen LogP contribution in [0.3, 0.4) is 0 Å². The van der Waals surface area contributed by atoms with Crippen LogP contribution in [0, 0.1) is 0 Å². The van der Waals surface area contributed by atoms with Crippen LogP contribution in [0.15, 0.2) is 24.7 Å². The topological polar surface area (TPSA) is 30.7 Å². The van der Waals surface area contributed by atoms with Crippen LogP contribution in [0.2, 0.25) is 0 Å². The highest BCUT2D eigenvalue weighted by atomic mass is 15.3. The highest BCUT2D eigenvalue weighted by Gasteiger charge is 2.14. The first-order valence-corrected chi connectivity index (χ1v) is 4.37. The van der Waals surface area contributed by atoms with E-state index in [4.69, 9.17) is 0 Å². The molecule has 0 fully saturated rings. The predicted molar refractivity (Wildman–Crippen MR) is 52.5 cm³/mol. The van der Waals surface area contributed by atoms with Gasteiger partial charge in [-0.15, -0.1) is 0 Å². The lowest BCUT2D eigenvalue weighted by molar-refractivity contribution is 0.358. The van der Waals surface area contributed by atoms with Gasteiger partial charge in [-0.3, -0.25) is 9.67 Å². The summed E-state index contributed by atoms with van der Waals surface area (Å²) in [6.45, 7) is 6.39. The monoisotopic (exact) mass is 175 g/mol. The largest absolute Gasteiger partial charge is 0.266 e. The summed E-state index contributed by atoms with van der Waals surface area (Å²) >= 11 is 0. The Kier molecular flexibility index (Phi) is 1.62. The summed E-state index contributed by atoms with van der Waals surface area (Å²) in [5, 5.41) is 5.56. The summed E-state index contributed by atoms with van der Waals surface area (Å²) < 4.78 is 1.97. The summed E-state index contributed by atoms with van der Waals surface area (Å²) in [5.41, 5.74) is 1.05. The molecule has 0 unspecified atom stereocenters. The third-order valence-electron chi connectivity index (χ3n) is 1.99. The van der Waals surface area contributed by atoms with E-state index in [1.54, 1.807) is 6.20 Å². The van der Waals surface area contributed by atoms with Crippen molar-refractivity contribution in [3.05, 3.63) is 24.7 Å². The minimum atomic E-state index is 0.0407. The molecule has 3 heteroatoms. The number of aromatic nitrogens is 3. The second kappa shape index (κ2) is 2.55. The average Bonchev–Trinajstić information content (AvgIpc) is 2.45. The van der Waals surface area contributed by atoms with Gasteiger partial charge in [-0.25, -0.2) is 0 Å². The fourth-order valence-electron chi connectivity index (χ4n) is 1.21. The van der Waals surface area contributed by atoms with Gasteiger partial charge in [0.2, 0.25) is 0 Å². The van der Waals surface area contributed by atoms with Crippen molar-refractivity contribution < 1.29 is 0 Å². The van der Waals surface area contributed by atoms with Crippen molar-refractivity contribution in [1.29, 1.82) is 0 Å². The van der Waals surface area contributed by atoms with E-state index in [9.17, 15) is 0 Å². The highest BCUT2D eigenvalue weighted by Crippen LogP contribution is 2.17. The molecule has 0 aliphatic carbocycles. The first kappa shape index (κ1) is 8.23. The predicted octanol–water partition coefficient (Wildman–Crippen LogP) is 2.19. The zero-order valence-electron chi connectivity index (χ0n) is 8.15. The third-order valence-corrected chi connectivity index (χ3v) is 1.99. The molecule has 68 valence electrons. The van der Waals surface area contributed by atoms with Crippen molar-refractivity contribution in [3.63, 3.8) is 0 Å². The van der Waals surface area contributed by atoms with Crippen molar-refractivity contribution in [3.8, 4) is 0 Å². The number of nitrogens with zero attached hydrogens (tertiary/aromatic N) is 3. The quantitative estimate of drug-likeness (QED) is 0.614.